The summed E-state index contributed by atoms with van der Waals surface area (Å²) in [5.74, 6) is 1.77. The highest BCUT2D eigenvalue weighted by Gasteiger charge is 2.15. The molecule has 0 spiro atoms. The van der Waals surface area contributed by atoms with Crippen molar-refractivity contribution in [3.05, 3.63) is 5.28 Å². The highest BCUT2D eigenvalue weighted by Crippen LogP contribution is 2.17. The Balaban J connectivity index is 2.87. The second kappa shape index (κ2) is 6.73. The van der Waals surface area contributed by atoms with Gasteiger partial charge < -0.3 is 10.2 Å². The summed E-state index contributed by atoms with van der Waals surface area (Å²) in [5.41, 5.74) is 0. The third-order valence-electron chi connectivity index (χ3n) is 2.72. The topological polar surface area (TPSA) is 53.9 Å². The monoisotopic (exact) mass is 271 g/mol. The van der Waals surface area contributed by atoms with E-state index in [4.69, 9.17) is 11.6 Å². The molecule has 1 rings (SSSR count). The van der Waals surface area contributed by atoms with Gasteiger partial charge in [0.2, 0.25) is 17.2 Å². The van der Waals surface area contributed by atoms with Crippen LogP contribution in [0.2, 0.25) is 5.28 Å². The van der Waals surface area contributed by atoms with Crippen molar-refractivity contribution in [1.29, 1.82) is 0 Å². The summed E-state index contributed by atoms with van der Waals surface area (Å²) in [7, 11) is 1.98. The number of rotatable bonds is 6. The van der Waals surface area contributed by atoms with E-state index in [1.807, 2.05) is 18.9 Å². The van der Waals surface area contributed by atoms with E-state index in [0.29, 0.717) is 23.9 Å². The predicted molar refractivity (Wildman–Crippen MR) is 76.3 cm³/mol. The molecule has 18 heavy (non-hydrogen) atoms. The minimum absolute atomic E-state index is 0.222. The Kier molecular flexibility index (Phi) is 5.59. The van der Waals surface area contributed by atoms with Gasteiger partial charge in [-0.3, -0.25) is 0 Å². The molecule has 0 amide bonds. The summed E-state index contributed by atoms with van der Waals surface area (Å²) in [6.45, 7) is 9.31. The van der Waals surface area contributed by atoms with Gasteiger partial charge in [0, 0.05) is 19.6 Å². The number of nitrogens with zero attached hydrogens (tertiary/aromatic N) is 4. The average Bonchev–Trinajstić information content (AvgIpc) is 2.26. The van der Waals surface area contributed by atoms with E-state index in [9.17, 15) is 0 Å². The van der Waals surface area contributed by atoms with E-state index in [-0.39, 0.29) is 5.28 Å². The number of anilines is 2. The first-order chi connectivity index (χ1) is 8.43. The molecule has 0 saturated carbocycles. The maximum atomic E-state index is 5.91. The number of hydrogen-bond acceptors (Lipinski definition) is 5. The van der Waals surface area contributed by atoms with Gasteiger partial charge in [-0.1, -0.05) is 13.8 Å². The Morgan fingerprint density at radius 3 is 2.44 bits per heavy atom. The van der Waals surface area contributed by atoms with Gasteiger partial charge in [-0.2, -0.15) is 15.0 Å². The van der Waals surface area contributed by atoms with Crippen LogP contribution in [0.1, 0.15) is 34.1 Å². The molecule has 0 aromatic carbocycles. The van der Waals surface area contributed by atoms with Crippen molar-refractivity contribution in [2.45, 2.75) is 40.2 Å². The molecule has 0 aliphatic carbocycles. The first-order valence-corrected chi connectivity index (χ1v) is 6.70. The fourth-order valence-electron chi connectivity index (χ4n) is 1.77. The first kappa shape index (κ1) is 15.0. The van der Waals surface area contributed by atoms with Crippen LogP contribution in [-0.2, 0) is 0 Å². The summed E-state index contributed by atoms with van der Waals surface area (Å²) in [6.07, 6.45) is 1.08. The van der Waals surface area contributed by atoms with E-state index in [2.05, 4.69) is 41.0 Å². The Morgan fingerprint density at radius 2 is 1.89 bits per heavy atom. The molecule has 1 unspecified atom stereocenters. The first-order valence-electron chi connectivity index (χ1n) is 6.32. The summed E-state index contributed by atoms with van der Waals surface area (Å²) in [5, 5.41) is 3.27. The number of halogens is 1. The van der Waals surface area contributed by atoms with Crippen LogP contribution >= 0.6 is 11.6 Å². The molecule has 0 saturated heterocycles. The zero-order valence-electron chi connectivity index (χ0n) is 11.7. The lowest BCUT2D eigenvalue weighted by Crippen LogP contribution is -2.32. The standard InChI is InChI=1S/C12H22ClN5/c1-6-14-11-15-10(13)16-12(17-11)18(5)9(4)7-8(2)3/h8-9H,6-7H2,1-5H3,(H,14,15,16,17). The predicted octanol–water partition coefficient (Wildman–Crippen LogP) is 2.83. The molecule has 0 fully saturated rings. The molecule has 5 nitrogen and oxygen atoms in total. The average molecular weight is 272 g/mol. The van der Waals surface area contributed by atoms with Crippen molar-refractivity contribution in [3.8, 4) is 0 Å². The molecule has 6 heteroatoms. The van der Waals surface area contributed by atoms with Crippen LogP contribution in [-0.4, -0.2) is 34.6 Å². The molecule has 1 N–H and O–H groups in total. The largest absolute Gasteiger partial charge is 0.354 e. The summed E-state index contributed by atoms with van der Waals surface area (Å²) >= 11 is 5.91. The van der Waals surface area contributed by atoms with Gasteiger partial charge in [0.05, 0.1) is 0 Å². The van der Waals surface area contributed by atoms with Crippen molar-refractivity contribution < 1.29 is 0 Å². The molecule has 1 aromatic rings. The third-order valence-corrected chi connectivity index (χ3v) is 2.89. The number of aromatic nitrogens is 3. The maximum Gasteiger partial charge on any atom is 0.231 e. The fraction of sp³-hybridized carbons (Fsp3) is 0.750. The lowest BCUT2D eigenvalue weighted by molar-refractivity contribution is 0.499. The molecule has 0 aliphatic heterocycles. The van der Waals surface area contributed by atoms with Crippen LogP contribution in [0.5, 0.6) is 0 Å². The van der Waals surface area contributed by atoms with Crippen LogP contribution in [0, 0.1) is 5.92 Å². The van der Waals surface area contributed by atoms with Gasteiger partial charge in [-0.05, 0) is 37.8 Å². The summed E-state index contributed by atoms with van der Waals surface area (Å²) < 4.78 is 0. The molecule has 1 heterocycles. The molecule has 102 valence electrons. The van der Waals surface area contributed by atoms with E-state index in [1.165, 1.54) is 0 Å². The minimum Gasteiger partial charge on any atom is -0.354 e. The van der Waals surface area contributed by atoms with Gasteiger partial charge in [0.15, 0.2) is 0 Å². The molecular formula is C12H22ClN5. The molecule has 0 aliphatic rings. The van der Waals surface area contributed by atoms with Crippen molar-refractivity contribution >= 4 is 23.5 Å². The second-order valence-corrected chi connectivity index (χ2v) is 5.19. The zero-order chi connectivity index (χ0) is 13.7. The molecular weight excluding hydrogens is 250 g/mol. The summed E-state index contributed by atoms with van der Waals surface area (Å²) in [4.78, 5) is 14.6. The van der Waals surface area contributed by atoms with Crippen LogP contribution in [0.25, 0.3) is 0 Å². The maximum absolute atomic E-state index is 5.91. The van der Waals surface area contributed by atoms with Gasteiger partial charge in [-0.15, -0.1) is 0 Å². The van der Waals surface area contributed by atoms with Crippen LogP contribution in [0.15, 0.2) is 0 Å². The fourth-order valence-corrected chi connectivity index (χ4v) is 1.93. The molecule has 1 aromatic heterocycles. The van der Waals surface area contributed by atoms with Crippen LogP contribution in [0.4, 0.5) is 11.9 Å². The highest BCUT2D eigenvalue weighted by molar-refractivity contribution is 6.28. The van der Waals surface area contributed by atoms with Crippen molar-refractivity contribution in [2.24, 2.45) is 5.92 Å². The highest BCUT2D eigenvalue weighted by atomic mass is 35.5. The van der Waals surface area contributed by atoms with Gasteiger partial charge >= 0.3 is 0 Å². The zero-order valence-corrected chi connectivity index (χ0v) is 12.5. The van der Waals surface area contributed by atoms with Crippen LogP contribution < -0.4 is 10.2 Å². The lowest BCUT2D eigenvalue weighted by Gasteiger charge is -2.26. The van der Waals surface area contributed by atoms with E-state index in [1.54, 1.807) is 0 Å². The Bertz CT molecular complexity index is 383. The van der Waals surface area contributed by atoms with E-state index in [0.717, 1.165) is 13.0 Å². The smallest absolute Gasteiger partial charge is 0.231 e. The van der Waals surface area contributed by atoms with Crippen LogP contribution in [0.3, 0.4) is 0 Å². The Morgan fingerprint density at radius 1 is 1.22 bits per heavy atom. The van der Waals surface area contributed by atoms with Crippen molar-refractivity contribution in [3.63, 3.8) is 0 Å². The Labute approximate surface area is 114 Å². The quantitative estimate of drug-likeness (QED) is 0.862. The van der Waals surface area contributed by atoms with Crippen molar-refractivity contribution in [2.75, 3.05) is 23.8 Å². The Hall–Kier alpha value is -1.10. The van der Waals surface area contributed by atoms with E-state index >= 15 is 0 Å². The molecule has 1 atom stereocenters. The van der Waals surface area contributed by atoms with Gasteiger partial charge in [-0.25, -0.2) is 0 Å². The SMILES string of the molecule is CCNc1nc(Cl)nc(N(C)C(C)CC(C)C)n1. The normalized spacial score (nSPS) is 12.6. The molecule has 0 radical (unpaired) electrons. The number of nitrogens with one attached hydrogen (secondary N) is 1. The van der Waals surface area contributed by atoms with Gasteiger partial charge in [0.25, 0.3) is 0 Å². The minimum atomic E-state index is 0.222. The van der Waals surface area contributed by atoms with Gasteiger partial charge in [0.1, 0.15) is 0 Å². The lowest BCUT2D eigenvalue weighted by atomic mass is 10.0. The number of hydrogen-bond donors (Lipinski definition) is 1. The second-order valence-electron chi connectivity index (χ2n) is 4.85. The third kappa shape index (κ3) is 4.29. The molecule has 0 bridgehead atoms. The van der Waals surface area contributed by atoms with E-state index < -0.39 is 0 Å². The summed E-state index contributed by atoms with van der Waals surface area (Å²) in [6, 6.07) is 0.359. The van der Waals surface area contributed by atoms with Crippen molar-refractivity contribution in [1.82, 2.24) is 15.0 Å².